The predicted octanol–water partition coefficient (Wildman–Crippen LogP) is 4.51. The van der Waals surface area contributed by atoms with Gasteiger partial charge in [-0.25, -0.2) is 12.8 Å². The van der Waals surface area contributed by atoms with Gasteiger partial charge in [0.05, 0.1) is 10.6 Å². The van der Waals surface area contributed by atoms with Gasteiger partial charge in [0.2, 0.25) is 0 Å². The van der Waals surface area contributed by atoms with Crippen molar-refractivity contribution in [2.75, 3.05) is 4.72 Å². The molecule has 0 saturated heterocycles. The van der Waals surface area contributed by atoms with Gasteiger partial charge in [0.25, 0.3) is 10.0 Å². The Morgan fingerprint density at radius 1 is 0.962 bits per heavy atom. The van der Waals surface area contributed by atoms with Gasteiger partial charge in [-0.2, -0.15) is 0 Å². The third-order valence-electron chi connectivity index (χ3n) is 3.77. The first-order chi connectivity index (χ1) is 12.4. The van der Waals surface area contributed by atoms with Gasteiger partial charge in [-0.05, 0) is 42.3 Å². The lowest BCUT2D eigenvalue weighted by atomic mass is 10.2. The quantitative estimate of drug-likeness (QED) is 0.693. The third-order valence-corrected chi connectivity index (χ3v) is 5.30. The van der Waals surface area contributed by atoms with Gasteiger partial charge in [-0.15, -0.1) is 0 Å². The highest BCUT2D eigenvalue weighted by molar-refractivity contribution is 7.92. The lowest BCUT2D eigenvalue weighted by molar-refractivity contribution is 0.306. The Kier molecular flexibility index (Phi) is 5.23. The molecule has 0 atom stereocenters. The van der Waals surface area contributed by atoms with E-state index in [0.29, 0.717) is 23.6 Å². The number of ether oxygens (including phenoxy) is 1. The Morgan fingerprint density at radius 3 is 2.50 bits per heavy atom. The fourth-order valence-corrected chi connectivity index (χ4v) is 3.77. The molecule has 0 unspecified atom stereocenters. The zero-order chi connectivity index (χ0) is 18.6. The van der Waals surface area contributed by atoms with Crippen LogP contribution in [0, 0.1) is 12.7 Å². The lowest BCUT2D eigenvalue weighted by Crippen LogP contribution is -2.14. The van der Waals surface area contributed by atoms with E-state index >= 15 is 0 Å². The molecule has 0 saturated carbocycles. The summed E-state index contributed by atoms with van der Waals surface area (Å²) in [5.74, 6) is -0.0686. The fraction of sp³-hybridized carbons (Fsp3) is 0.100. The standard InChI is InChI=1S/C20H18FNO3S/c1-15-10-11-17(21)12-20(15)26(23,24)22-18-8-5-9-19(13-18)25-14-16-6-3-2-4-7-16/h2-13,22H,14H2,1H3. The van der Waals surface area contributed by atoms with E-state index in [4.69, 9.17) is 4.74 Å². The van der Waals surface area contributed by atoms with Gasteiger partial charge < -0.3 is 4.74 Å². The number of benzene rings is 3. The molecule has 0 aliphatic heterocycles. The van der Waals surface area contributed by atoms with Crippen LogP contribution in [-0.4, -0.2) is 8.42 Å². The number of anilines is 1. The maximum absolute atomic E-state index is 13.4. The molecular weight excluding hydrogens is 353 g/mol. The van der Waals surface area contributed by atoms with Gasteiger partial charge in [0, 0.05) is 6.07 Å². The van der Waals surface area contributed by atoms with Crippen LogP contribution in [0.15, 0.2) is 77.7 Å². The summed E-state index contributed by atoms with van der Waals surface area (Å²) in [5, 5.41) is 0. The molecule has 0 aliphatic carbocycles. The molecule has 1 N–H and O–H groups in total. The molecule has 0 fully saturated rings. The van der Waals surface area contributed by atoms with Gasteiger partial charge in [0.15, 0.2) is 0 Å². The lowest BCUT2D eigenvalue weighted by Gasteiger charge is -2.12. The average molecular weight is 371 g/mol. The fourth-order valence-electron chi connectivity index (χ4n) is 2.46. The highest BCUT2D eigenvalue weighted by Gasteiger charge is 2.18. The molecule has 0 aromatic heterocycles. The minimum atomic E-state index is -3.90. The van der Waals surface area contributed by atoms with E-state index in [2.05, 4.69) is 4.72 Å². The molecule has 3 rings (SSSR count). The van der Waals surface area contributed by atoms with Crippen LogP contribution in [-0.2, 0) is 16.6 Å². The summed E-state index contributed by atoms with van der Waals surface area (Å²) in [6.07, 6.45) is 0. The van der Waals surface area contributed by atoms with Gasteiger partial charge in [-0.3, -0.25) is 4.72 Å². The number of halogens is 1. The Bertz CT molecular complexity index is 1000. The summed E-state index contributed by atoms with van der Waals surface area (Å²) in [4.78, 5) is -0.0897. The molecule has 134 valence electrons. The number of rotatable bonds is 6. The third kappa shape index (κ3) is 4.40. The van der Waals surface area contributed by atoms with Gasteiger partial charge in [0.1, 0.15) is 18.2 Å². The van der Waals surface area contributed by atoms with Crippen molar-refractivity contribution in [3.8, 4) is 5.75 Å². The molecule has 3 aromatic rings. The molecule has 6 heteroatoms. The summed E-state index contributed by atoms with van der Waals surface area (Å²) in [6, 6.07) is 20.0. The van der Waals surface area contributed by atoms with Crippen molar-refractivity contribution in [3.63, 3.8) is 0 Å². The van der Waals surface area contributed by atoms with Crippen LogP contribution in [0.3, 0.4) is 0 Å². The highest BCUT2D eigenvalue weighted by atomic mass is 32.2. The van der Waals surface area contributed by atoms with E-state index in [9.17, 15) is 12.8 Å². The smallest absolute Gasteiger partial charge is 0.262 e. The Balaban J connectivity index is 1.76. The Hall–Kier alpha value is -2.86. The van der Waals surface area contributed by atoms with Crippen molar-refractivity contribution < 1.29 is 17.5 Å². The first kappa shape index (κ1) is 17.9. The zero-order valence-electron chi connectivity index (χ0n) is 14.1. The molecule has 0 heterocycles. The van der Waals surface area contributed by atoms with Crippen LogP contribution >= 0.6 is 0 Å². The number of sulfonamides is 1. The summed E-state index contributed by atoms with van der Waals surface area (Å²) in [6.45, 7) is 1.99. The van der Waals surface area contributed by atoms with E-state index < -0.39 is 15.8 Å². The van der Waals surface area contributed by atoms with Gasteiger partial charge >= 0.3 is 0 Å². The average Bonchev–Trinajstić information content (AvgIpc) is 2.63. The Morgan fingerprint density at radius 2 is 1.73 bits per heavy atom. The molecule has 0 amide bonds. The molecule has 0 radical (unpaired) electrons. The first-order valence-electron chi connectivity index (χ1n) is 8.00. The zero-order valence-corrected chi connectivity index (χ0v) is 15.0. The van der Waals surface area contributed by atoms with Crippen molar-refractivity contribution in [2.24, 2.45) is 0 Å². The van der Waals surface area contributed by atoms with E-state index in [1.165, 1.54) is 12.1 Å². The SMILES string of the molecule is Cc1ccc(F)cc1S(=O)(=O)Nc1cccc(OCc2ccccc2)c1. The molecule has 26 heavy (non-hydrogen) atoms. The first-order valence-corrected chi connectivity index (χ1v) is 9.48. The Labute approximate surface area is 152 Å². The van der Waals surface area contributed by atoms with Crippen LogP contribution in [0.4, 0.5) is 10.1 Å². The molecule has 0 aliphatic rings. The maximum Gasteiger partial charge on any atom is 0.262 e. The molecular formula is C20H18FNO3S. The van der Waals surface area contributed by atoms with Crippen molar-refractivity contribution in [2.45, 2.75) is 18.4 Å². The van der Waals surface area contributed by atoms with Crippen LogP contribution in [0.25, 0.3) is 0 Å². The molecule has 4 nitrogen and oxygen atoms in total. The second-order valence-corrected chi connectivity index (χ2v) is 7.47. The normalized spacial score (nSPS) is 11.2. The number of hydrogen-bond acceptors (Lipinski definition) is 3. The maximum atomic E-state index is 13.4. The van der Waals surface area contributed by atoms with Crippen LogP contribution < -0.4 is 9.46 Å². The predicted molar refractivity (Wildman–Crippen MR) is 99.2 cm³/mol. The van der Waals surface area contributed by atoms with Crippen molar-refractivity contribution in [3.05, 3.63) is 89.7 Å². The van der Waals surface area contributed by atoms with E-state index in [1.54, 1.807) is 31.2 Å². The summed E-state index contributed by atoms with van der Waals surface area (Å²) in [7, 11) is -3.90. The number of nitrogens with one attached hydrogen (secondary N) is 1. The van der Waals surface area contributed by atoms with Gasteiger partial charge in [-0.1, -0.05) is 42.5 Å². The van der Waals surface area contributed by atoms with Crippen LogP contribution in [0.2, 0.25) is 0 Å². The molecule has 0 bridgehead atoms. The summed E-state index contributed by atoms with van der Waals surface area (Å²) < 4.78 is 46.7. The van der Waals surface area contributed by atoms with E-state index in [1.807, 2.05) is 30.3 Å². The minimum Gasteiger partial charge on any atom is -0.489 e. The number of aryl methyl sites for hydroxylation is 1. The largest absolute Gasteiger partial charge is 0.489 e. The van der Waals surface area contributed by atoms with Crippen LogP contribution in [0.5, 0.6) is 5.75 Å². The van der Waals surface area contributed by atoms with Crippen molar-refractivity contribution in [1.82, 2.24) is 0 Å². The molecule has 3 aromatic carbocycles. The number of hydrogen-bond donors (Lipinski definition) is 1. The molecule has 0 spiro atoms. The monoisotopic (exact) mass is 371 g/mol. The second kappa shape index (κ2) is 7.58. The highest BCUT2D eigenvalue weighted by Crippen LogP contribution is 2.23. The van der Waals surface area contributed by atoms with Crippen molar-refractivity contribution in [1.29, 1.82) is 0 Å². The minimum absolute atomic E-state index is 0.0897. The summed E-state index contributed by atoms with van der Waals surface area (Å²) >= 11 is 0. The van der Waals surface area contributed by atoms with E-state index in [0.717, 1.165) is 11.6 Å². The van der Waals surface area contributed by atoms with Crippen LogP contribution in [0.1, 0.15) is 11.1 Å². The van der Waals surface area contributed by atoms with E-state index in [-0.39, 0.29) is 4.90 Å². The topological polar surface area (TPSA) is 55.4 Å². The second-order valence-electron chi connectivity index (χ2n) is 5.82. The summed E-state index contributed by atoms with van der Waals surface area (Å²) in [5.41, 5.74) is 1.82. The van der Waals surface area contributed by atoms with Crippen molar-refractivity contribution >= 4 is 15.7 Å².